The lowest BCUT2D eigenvalue weighted by atomic mass is 9.98. The first kappa shape index (κ1) is 10.7. The summed E-state index contributed by atoms with van der Waals surface area (Å²) < 4.78 is 0. The molecule has 0 radical (unpaired) electrons. The zero-order valence-electron chi connectivity index (χ0n) is 9.55. The summed E-state index contributed by atoms with van der Waals surface area (Å²) in [6, 6.07) is 3.79. The molecular formula is C12H14N2O2. The average Bonchev–Trinajstić information content (AvgIpc) is 2.18. The number of nitrogens with one attached hydrogen (secondary N) is 2. The molecule has 0 aliphatic rings. The Hall–Kier alpha value is -1.84. The van der Waals surface area contributed by atoms with Crippen LogP contribution in [0.1, 0.15) is 30.9 Å². The molecule has 0 aliphatic carbocycles. The number of aromatic nitrogens is 2. The van der Waals surface area contributed by atoms with Gasteiger partial charge in [-0.15, -0.1) is 0 Å². The Morgan fingerprint density at radius 3 is 2.44 bits per heavy atom. The number of hydrogen-bond acceptors (Lipinski definition) is 2. The molecule has 2 rings (SSSR count). The van der Waals surface area contributed by atoms with Crippen LogP contribution in [0.3, 0.4) is 0 Å². The first-order valence-electron chi connectivity index (χ1n) is 5.26. The van der Waals surface area contributed by atoms with Crippen LogP contribution in [-0.2, 0) is 0 Å². The molecule has 0 aliphatic heterocycles. The van der Waals surface area contributed by atoms with Gasteiger partial charge in [0.2, 0.25) is 0 Å². The van der Waals surface area contributed by atoms with Crippen molar-refractivity contribution in [2.45, 2.75) is 26.7 Å². The Morgan fingerprint density at radius 2 is 1.81 bits per heavy atom. The molecule has 0 atom stereocenters. The van der Waals surface area contributed by atoms with Gasteiger partial charge in [0.05, 0.1) is 10.9 Å². The first-order valence-corrected chi connectivity index (χ1v) is 5.26. The first-order chi connectivity index (χ1) is 7.49. The summed E-state index contributed by atoms with van der Waals surface area (Å²) in [6.45, 7) is 6.01. The van der Waals surface area contributed by atoms with Crippen molar-refractivity contribution in [1.29, 1.82) is 0 Å². The smallest absolute Gasteiger partial charge is 0.307 e. The zero-order chi connectivity index (χ0) is 11.9. The summed E-state index contributed by atoms with van der Waals surface area (Å²) in [5, 5.41) is 0.545. The highest BCUT2D eigenvalue weighted by molar-refractivity contribution is 5.82. The second kappa shape index (κ2) is 3.63. The third-order valence-corrected chi connectivity index (χ3v) is 2.65. The fourth-order valence-corrected chi connectivity index (χ4v) is 1.90. The van der Waals surface area contributed by atoms with Crippen molar-refractivity contribution in [2.24, 2.45) is 0 Å². The van der Waals surface area contributed by atoms with Gasteiger partial charge >= 0.3 is 5.69 Å². The molecule has 1 aromatic carbocycles. The van der Waals surface area contributed by atoms with Crippen LogP contribution in [0.2, 0.25) is 0 Å². The largest absolute Gasteiger partial charge is 0.326 e. The predicted octanol–water partition coefficient (Wildman–Crippen LogP) is 1.65. The molecule has 0 saturated carbocycles. The van der Waals surface area contributed by atoms with Crippen LogP contribution < -0.4 is 11.2 Å². The standard InChI is InChI=1S/C12H14N2O2/c1-6(2)8-4-7(3)5-9-10(8)13-12(16)14-11(9)15/h4-6H,1-3H3,(H2,13,14,15,16). The minimum Gasteiger partial charge on any atom is -0.307 e. The lowest BCUT2D eigenvalue weighted by Gasteiger charge is -2.10. The fraction of sp³-hybridized carbons (Fsp3) is 0.333. The second-order valence-electron chi connectivity index (χ2n) is 4.34. The normalized spacial score (nSPS) is 11.2. The van der Waals surface area contributed by atoms with E-state index >= 15 is 0 Å². The van der Waals surface area contributed by atoms with E-state index in [9.17, 15) is 9.59 Å². The summed E-state index contributed by atoms with van der Waals surface area (Å²) in [5.74, 6) is 0.264. The molecule has 84 valence electrons. The number of rotatable bonds is 1. The molecule has 2 aromatic rings. The van der Waals surface area contributed by atoms with Crippen LogP contribution >= 0.6 is 0 Å². The van der Waals surface area contributed by atoms with E-state index in [0.29, 0.717) is 10.9 Å². The molecule has 0 unspecified atom stereocenters. The number of hydrogen-bond donors (Lipinski definition) is 2. The van der Waals surface area contributed by atoms with Gasteiger partial charge in [0, 0.05) is 0 Å². The van der Waals surface area contributed by atoms with Crippen molar-refractivity contribution in [3.05, 3.63) is 44.1 Å². The highest BCUT2D eigenvalue weighted by atomic mass is 16.2. The quantitative estimate of drug-likeness (QED) is 0.764. The lowest BCUT2D eigenvalue weighted by Crippen LogP contribution is -2.22. The van der Waals surface area contributed by atoms with Gasteiger partial charge in [0.25, 0.3) is 5.56 Å². The molecule has 1 aromatic heterocycles. The number of benzene rings is 1. The van der Waals surface area contributed by atoms with Gasteiger partial charge < -0.3 is 4.98 Å². The van der Waals surface area contributed by atoms with E-state index in [0.717, 1.165) is 11.1 Å². The highest BCUT2D eigenvalue weighted by Crippen LogP contribution is 2.22. The minimum atomic E-state index is -0.455. The molecule has 0 fully saturated rings. The maximum Gasteiger partial charge on any atom is 0.326 e. The van der Waals surface area contributed by atoms with E-state index in [1.165, 1.54) is 0 Å². The maximum atomic E-state index is 11.7. The number of aryl methyl sites for hydroxylation is 1. The van der Waals surface area contributed by atoms with E-state index < -0.39 is 5.69 Å². The van der Waals surface area contributed by atoms with Crippen LogP contribution in [0, 0.1) is 6.92 Å². The monoisotopic (exact) mass is 218 g/mol. The van der Waals surface area contributed by atoms with Crippen molar-refractivity contribution in [2.75, 3.05) is 0 Å². The predicted molar refractivity (Wildman–Crippen MR) is 64.0 cm³/mol. The van der Waals surface area contributed by atoms with Crippen molar-refractivity contribution in [3.8, 4) is 0 Å². The Labute approximate surface area is 92.3 Å². The molecule has 4 nitrogen and oxygen atoms in total. The zero-order valence-corrected chi connectivity index (χ0v) is 9.55. The van der Waals surface area contributed by atoms with Crippen LogP contribution in [0.15, 0.2) is 21.7 Å². The van der Waals surface area contributed by atoms with Crippen molar-refractivity contribution in [3.63, 3.8) is 0 Å². The summed E-state index contributed by atoms with van der Waals surface area (Å²) in [7, 11) is 0. The molecule has 4 heteroatoms. The Kier molecular flexibility index (Phi) is 2.42. The van der Waals surface area contributed by atoms with Gasteiger partial charge in [-0.1, -0.05) is 19.9 Å². The maximum absolute atomic E-state index is 11.7. The summed E-state index contributed by atoms with van der Waals surface area (Å²) in [5.41, 5.74) is 1.88. The van der Waals surface area contributed by atoms with Crippen LogP contribution in [-0.4, -0.2) is 9.97 Å². The summed E-state index contributed by atoms with van der Waals surface area (Å²) >= 11 is 0. The second-order valence-corrected chi connectivity index (χ2v) is 4.34. The molecule has 2 N–H and O–H groups in total. The number of aromatic amines is 2. The lowest BCUT2D eigenvalue weighted by molar-refractivity contribution is 0.868. The van der Waals surface area contributed by atoms with Gasteiger partial charge in [-0.3, -0.25) is 9.78 Å². The molecule has 1 heterocycles. The highest BCUT2D eigenvalue weighted by Gasteiger charge is 2.09. The van der Waals surface area contributed by atoms with E-state index in [-0.39, 0.29) is 11.5 Å². The van der Waals surface area contributed by atoms with Crippen molar-refractivity contribution < 1.29 is 0 Å². The topological polar surface area (TPSA) is 65.7 Å². The third-order valence-electron chi connectivity index (χ3n) is 2.65. The van der Waals surface area contributed by atoms with Gasteiger partial charge in [0.1, 0.15) is 0 Å². The van der Waals surface area contributed by atoms with Gasteiger partial charge in [-0.2, -0.15) is 0 Å². The van der Waals surface area contributed by atoms with Crippen molar-refractivity contribution in [1.82, 2.24) is 9.97 Å². The van der Waals surface area contributed by atoms with Gasteiger partial charge in [0.15, 0.2) is 0 Å². The van der Waals surface area contributed by atoms with Gasteiger partial charge in [-0.25, -0.2) is 4.79 Å². The molecule has 0 amide bonds. The molecular weight excluding hydrogens is 204 g/mol. The van der Waals surface area contributed by atoms with Crippen molar-refractivity contribution >= 4 is 10.9 Å². The van der Waals surface area contributed by atoms with Crippen LogP contribution in [0.25, 0.3) is 10.9 Å². The minimum absolute atomic E-state index is 0.264. The van der Waals surface area contributed by atoms with E-state index in [2.05, 4.69) is 9.97 Å². The molecule has 0 bridgehead atoms. The fourth-order valence-electron chi connectivity index (χ4n) is 1.90. The van der Waals surface area contributed by atoms with E-state index in [4.69, 9.17) is 0 Å². The third kappa shape index (κ3) is 1.66. The Balaban J connectivity index is 3.01. The number of fused-ring (bicyclic) bond motifs is 1. The van der Waals surface area contributed by atoms with Crippen LogP contribution in [0.4, 0.5) is 0 Å². The SMILES string of the molecule is Cc1cc(C(C)C)c2[nH]c(=O)[nH]c(=O)c2c1. The molecule has 0 spiro atoms. The summed E-state index contributed by atoms with van der Waals surface area (Å²) in [4.78, 5) is 27.8. The summed E-state index contributed by atoms with van der Waals surface area (Å²) in [6.07, 6.45) is 0. The van der Waals surface area contributed by atoms with Crippen LogP contribution in [0.5, 0.6) is 0 Å². The number of H-pyrrole nitrogens is 2. The van der Waals surface area contributed by atoms with Gasteiger partial charge in [-0.05, 0) is 30.0 Å². The Morgan fingerprint density at radius 1 is 1.12 bits per heavy atom. The van der Waals surface area contributed by atoms with E-state index in [1.54, 1.807) is 6.07 Å². The molecule has 16 heavy (non-hydrogen) atoms. The Bertz CT molecular complexity index is 650. The average molecular weight is 218 g/mol. The van der Waals surface area contributed by atoms with E-state index in [1.807, 2.05) is 26.8 Å². The molecule has 0 saturated heterocycles.